The number of nitro groups is 1. The minimum absolute atomic E-state index is 0.0537. The smallest absolute Gasteiger partial charge is 0.283 e. The largest absolute Gasteiger partial charge is 0.326 e. The molecule has 0 aliphatic rings. The first kappa shape index (κ1) is 9.15. The van der Waals surface area contributed by atoms with Crippen LogP contribution in [0.1, 0.15) is 5.56 Å². The summed E-state index contributed by atoms with van der Waals surface area (Å²) in [5.74, 6) is 0. The van der Waals surface area contributed by atoms with E-state index in [-0.39, 0.29) is 5.69 Å². The van der Waals surface area contributed by atoms with E-state index in [4.69, 9.17) is 5.73 Å². The van der Waals surface area contributed by atoms with E-state index in [0.717, 1.165) is 5.56 Å². The summed E-state index contributed by atoms with van der Waals surface area (Å²) in [6.07, 6.45) is 0. The molecule has 0 saturated heterocycles. The maximum Gasteiger partial charge on any atom is 0.283 e. The van der Waals surface area contributed by atoms with Crippen LogP contribution in [0.2, 0.25) is 0 Å². The maximum absolute atomic E-state index is 10.4. The monoisotopic (exact) mass is 230 g/mol. The molecular formula is C7H7BrN2O2. The minimum Gasteiger partial charge on any atom is -0.326 e. The van der Waals surface area contributed by atoms with Gasteiger partial charge in [-0.1, -0.05) is 12.1 Å². The molecule has 0 aromatic heterocycles. The van der Waals surface area contributed by atoms with Gasteiger partial charge in [0.25, 0.3) is 5.69 Å². The molecule has 0 fully saturated rings. The standard InChI is InChI=1S/C7H7BrN2O2/c8-7-5(4-9)2-1-3-6(7)10(11)12/h1-3H,4,9H2. The number of nitro benzene ring substituents is 1. The summed E-state index contributed by atoms with van der Waals surface area (Å²) < 4.78 is 0.470. The van der Waals surface area contributed by atoms with Gasteiger partial charge in [0.15, 0.2) is 0 Å². The number of nitrogens with two attached hydrogens (primary N) is 1. The molecule has 0 saturated carbocycles. The highest BCUT2D eigenvalue weighted by Crippen LogP contribution is 2.27. The van der Waals surface area contributed by atoms with Crippen molar-refractivity contribution in [1.82, 2.24) is 0 Å². The highest BCUT2D eigenvalue weighted by molar-refractivity contribution is 9.10. The summed E-state index contributed by atoms with van der Waals surface area (Å²) in [5, 5.41) is 10.4. The second kappa shape index (κ2) is 3.64. The zero-order valence-corrected chi connectivity index (χ0v) is 7.74. The van der Waals surface area contributed by atoms with Gasteiger partial charge in [0.2, 0.25) is 0 Å². The van der Waals surface area contributed by atoms with Gasteiger partial charge < -0.3 is 5.73 Å². The predicted molar refractivity (Wildman–Crippen MR) is 48.7 cm³/mol. The molecule has 0 aliphatic carbocycles. The quantitative estimate of drug-likeness (QED) is 0.623. The van der Waals surface area contributed by atoms with Crippen LogP contribution in [-0.2, 0) is 6.54 Å². The van der Waals surface area contributed by atoms with Crippen LogP contribution >= 0.6 is 15.9 Å². The fourth-order valence-electron chi connectivity index (χ4n) is 0.865. The molecule has 1 rings (SSSR count). The molecule has 64 valence electrons. The van der Waals surface area contributed by atoms with Gasteiger partial charge in [-0.2, -0.15) is 0 Å². The number of benzene rings is 1. The molecule has 0 aliphatic heterocycles. The molecule has 0 amide bonds. The molecular weight excluding hydrogens is 224 g/mol. The van der Waals surface area contributed by atoms with Crippen LogP contribution in [0.5, 0.6) is 0 Å². The van der Waals surface area contributed by atoms with E-state index < -0.39 is 4.92 Å². The Morgan fingerprint density at radius 3 is 2.75 bits per heavy atom. The zero-order valence-electron chi connectivity index (χ0n) is 6.16. The lowest BCUT2D eigenvalue weighted by atomic mass is 10.2. The fourth-order valence-corrected chi connectivity index (χ4v) is 1.44. The molecule has 0 unspecified atom stereocenters. The molecule has 2 N–H and O–H groups in total. The van der Waals surface area contributed by atoms with E-state index in [1.54, 1.807) is 12.1 Å². The Morgan fingerprint density at radius 2 is 2.25 bits per heavy atom. The van der Waals surface area contributed by atoms with E-state index in [1.807, 2.05) is 0 Å². The van der Waals surface area contributed by atoms with Gasteiger partial charge in [-0.15, -0.1) is 0 Å². The van der Waals surface area contributed by atoms with E-state index in [2.05, 4.69) is 15.9 Å². The van der Waals surface area contributed by atoms with Crippen molar-refractivity contribution in [3.05, 3.63) is 38.3 Å². The normalized spacial score (nSPS) is 9.83. The second-order valence-electron chi connectivity index (χ2n) is 2.21. The molecule has 1 aromatic rings. The van der Waals surface area contributed by atoms with Crippen LogP contribution in [0.15, 0.2) is 22.7 Å². The highest BCUT2D eigenvalue weighted by Gasteiger charge is 2.13. The van der Waals surface area contributed by atoms with Crippen LogP contribution in [-0.4, -0.2) is 4.92 Å². The van der Waals surface area contributed by atoms with Crippen molar-refractivity contribution in [3.8, 4) is 0 Å². The van der Waals surface area contributed by atoms with Crippen LogP contribution in [0.25, 0.3) is 0 Å². The van der Waals surface area contributed by atoms with Gasteiger partial charge in [-0.05, 0) is 21.5 Å². The first-order chi connectivity index (χ1) is 5.66. The Bertz CT molecular complexity index is 314. The lowest BCUT2D eigenvalue weighted by Crippen LogP contribution is -1.99. The summed E-state index contributed by atoms with van der Waals surface area (Å²) >= 11 is 3.12. The third-order valence-electron chi connectivity index (χ3n) is 1.47. The van der Waals surface area contributed by atoms with Crippen molar-refractivity contribution in [2.24, 2.45) is 5.73 Å². The summed E-state index contributed by atoms with van der Waals surface area (Å²) in [5.41, 5.74) is 6.16. The van der Waals surface area contributed by atoms with Gasteiger partial charge in [-0.25, -0.2) is 0 Å². The van der Waals surface area contributed by atoms with Gasteiger partial charge in [0.05, 0.1) is 9.40 Å². The zero-order chi connectivity index (χ0) is 9.14. The number of halogens is 1. The van der Waals surface area contributed by atoms with Gasteiger partial charge >= 0.3 is 0 Å². The molecule has 0 heterocycles. The van der Waals surface area contributed by atoms with E-state index >= 15 is 0 Å². The topological polar surface area (TPSA) is 69.2 Å². The van der Waals surface area contributed by atoms with Crippen molar-refractivity contribution in [2.75, 3.05) is 0 Å². The lowest BCUT2D eigenvalue weighted by molar-refractivity contribution is -0.385. The Balaban J connectivity index is 3.23. The average molecular weight is 231 g/mol. The lowest BCUT2D eigenvalue weighted by Gasteiger charge is -2.00. The van der Waals surface area contributed by atoms with Crippen molar-refractivity contribution in [1.29, 1.82) is 0 Å². The summed E-state index contributed by atoms with van der Waals surface area (Å²) in [4.78, 5) is 9.98. The molecule has 12 heavy (non-hydrogen) atoms. The van der Waals surface area contributed by atoms with Crippen molar-refractivity contribution in [3.63, 3.8) is 0 Å². The fraction of sp³-hybridized carbons (Fsp3) is 0.143. The van der Waals surface area contributed by atoms with Gasteiger partial charge in [0, 0.05) is 12.6 Å². The van der Waals surface area contributed by atoms with E-state index in [0.29, 0.717) is 11.0 Å². The van der Waals surface area contributed by atoms with Crippen molar-refractivity contribution in [2.45, 2.75) is 6.54 Å². The van der Waals surface area contributed by atoms with E-state index in [1.165, 1.54) is 6.07 Å². The Labute approximate surface area is 77.7 Å². The van der Waals surface area contributed by atoms with Crippen molar-refractivity contribution >= 4 is 21.6 Å². The Hall–Kier alpha value is -0.940. The summed E-state index contributed by atoms with van der Waals surface area (Å²) in [7, 11) is 0. The van der Waals surface area contributed by atoms with Gasteiger partial charge in [0.1, 0.15) is 0 Å². The molecule has 0 bridgehead atoms. The number of hydrogen-bond donors (Lipinski definition) is 1. The summed E-state index contributed by atoms with van der Waals surface area (Å²) in [6.45, 7) is 0.294. The predicted octanol–water partition coefficient (Wildman–Crippen LogP) is 1.82. The first-order valence-electron chi connectivity index (χ1n) is 3.28. The number of hydrogen-bond acceptors (Lipinski definition) is 3. The molecule has 5 heteroatoms. The SMILES string of the molecule is NCc1cccc([N+](=O)[O-])c1Br. The van der Waals surface area contributed by atoms with Crippen LogP contribution in [0.3, 0.4) is 0 Å². The second-order valence-corrected chi connectivity index (χ2v) is 3.00. The number of rotatable bonds is 2. The number of nitrogens with zero attached hydrogens (tertiary/aromatic N) is 1. The van der Waals surface area contributed by atoms with Crippen LogP contribution in [0, 0.1) is 10.1 Å². The third-order valence-corrected chi connectivity index (χ3v) is 2.39. The van der Waals surface area contributed by atoms with Crippen LogP contribution < -0.4 is 5.73 Å². The molecule has 0 atom stereocenters. The van der Waals surface area contributed by atoms with Gasteiger partial charge in [-0.3, -0.25) is 10.1 Å². The minimum atomic E-state index is -0.441. The molecule has 0 spiro atoms. The highest BCUT2D eigenvalue weighted by atomic mass is 79.9. The third kappa shape index (κ3) is 1.62. The Morgan fingerprint density at radius 1 is 1.58 bits per heavy atom. The average Bonchev–Trinajstić information content (AvgIpc) is 2.04. The Kier molecular flexibility index (Phi) is 2.78. The first-order valence-corrected chi connectivity index (χ1v) is 4.08. The van der Waals surface area contributed by atoms with Crippen molar-refractivity contribution < 1.29 is 4.92 Å². The maximum atomic E-state index is 10.4. The molecule has 4 nitrogen and oxygen atoms in total. The molecule has 0 radical (unpaired) electrons. The van der Waals surface area contributed by atoms with E-state index in [9.17, 15) is 10.1 Å². The molecule has 1 aromatic carbocycles. The van der Waals surface area contributed by atoms with Crippen LogP contribution in [0.4, 0.5) is 5.69 Å². The summed E-state index contributed by atoms with van der Waals surface area (Å²) in [6, 6.07) is 4.80.